The molecular weight excluding hydrogens is 723 g/mol. The lowest BCUT2D eigenvalue weighted by Gasteiger charge is -2.42. The Bertz CT molecular complexity index is 2180. The topological polar surface area (TPSA) is 159 Å². The number of piperidine rings is 1. The first-order valence-electron chi connectivity index (χ1n) is 17.4. The summed E-state index contributed by atoms with van der Waals surface area (Å²) in [6.45, 7) is 2.39. The molecule has 2 aromatic carbocycles. The van der Waals surface area contributed by atoms with E-state index in [4.69, 9.17) is 14.0 Å². The molecule has 3 fully saturated rings. The molecule has 7 heterocycles. The number of pyridine rings is 1. The van der Waals surface area contributed by atoms with Crippen LogP contribution in [0.4, 0.5) is 28.2 Å². The summed E-state index contributed by atoms with van der Waals surface area (Å²) in [7, 11) is -5.09. The number of ether oxygens (including phenoxy) is 2. The number of phosphoric acid groups is 1. The molecule has 6 bridgehead atoms. The van der Waals surface area contributed by atoms with E-state index in [0.29, 0.717) is 13.0 Å². The van der Waals surface area contributed by atoms with E-state index < -0.39 is 49.0 Å². The molecule has 5 aliphatic rings. The van der Waals surface area contributed by atoms with Gasteiger partial charge >= 0.3 is 19.9 Å². The van der Waals surface area contributed by atoms with Crippen LogP contribution in [0.15, 0.2) is 30.5 Å². The smallest absolute Gasteiger partial charge is 0.461 e. The van der Waals surface area contributed by atoms with Crippen LogP contribution in [0.1, 0.15) is 44.6 Å². The number of rotatable bonds is 5. The van der Waals surface area contributed by atoms with Gasteiger partial charge in [0.25, 0.3) is 0 Å². The first-order valence-corrected chi connectivity index (χ1v) is 19.0. The van der Waals surface area contributed by atoms with Crippen molar-refractivity contribution < 1.29 is 50.7 Å². The first-order chi connectivity index (χ1) is 25.2. The Morgan fingerprint density at radius 2 is 1.92 bits per heavy atom. The largest absolute Gasteiger partial charge is 0.524 e. The highest BCUT2D eigenvalue weighted by Gasteiger charge is 2.49. The molecule has 18 heteroatoms. The number of amides is 1. The van der Waals surface area contributed by atoms with Gasteiger partial charge in [0.2, 0.25) is 0 Å². The SMILES string of the molecule is C[C@@]12C[C@@H](F)CN(C1)c1nc(OC[C@@]34CCCN3C[C@H](F)C4)nc3c(F)c(ncc13)-c1cc(OP(=O)(O)O)cc3ccc(F)c(c13)CCCOC(=O)N2. The maximum absolute atomic E-state index is 17.2. The van der Waals surface area contributed by atoms with Crippen LogP contribution in [0.25, 0.3) is 32.9 Å². The Morgan fingerprint density at radius 1 is 1.11 bits per heavy atom. The number of aromatic nitrogens is 3. The van der Waals surface area contributed by atoms with Crippen LogP contribution in [-0.4, -0.2) is 98.5 Å². The Balaban J connectivity index is 1.34. The molecule has 53 heavy (non-hydrogen) atoms. The third-order valence-corrected chi connectivity index (χ3v) is 11.1. The zero-order valence-corrected chi connectivity index (χ0v) is 29.6. The molecule has 5 aliphatic heterocycles. The van der Waals surface area contributed by atoms with E-state index >= 15 is 13.2 Å². The summed E-state index contributed by atoms with van der Waals surface area (Å²) in [4.78, 5) is 49.3. The summed E-state index contributed by atoms with van der Waals surface area (Å²) < 4.78 is 91.3. The number of phosphoric ester groups is 1. The number of hydrogen-bond acceptors (Lipinski definition) is 10. The zero-order valence-electron chi connectivity index (χ0n) is 28.7. The predicted molar refractivity (Wildman–Crippen MR) is 184 cm³/mol. The maximum Gasteiger partial charge on any atom is 0.524 e. The number of benzene rings is 2. The fourth-order valence-electron chi connectivity index (χ4n) is 8.56. The van der Waals surface area contributed by atoms with E-state index in [-0.39, 0.29) is 115 Å². The zero-order chi connectivity index (χ0) is 37.3. The number of fused-ring (bicyclic) bond motifs is 7. The number of alkyl carbamates (subject to hydrolysis) is 1. The van der Waals surface area contributed by atoms with Crippen molar-refractivity contribution in [2.75, 3.05) is 44.3 Å². The van der Waals surface area contributed by atoms with E-state index in [1.54, 1.807) is 11.8 Å². The normalized spacial score (nSPS) is 26.5. The second kappa shape index (κ2) is 13.2. The van der Waals surface area contributed by atoms with Crippen molar-refractivity contribution in [3.63, 3.8) is 0 Å². The average molecular weight is 761 g/mol. The van der Waals surface area contributed by atoms with Gasteiger partial charge in [-0.25, -0.2) is 26.9 Å². The summed E-state index contributed by atoms with van der Waals surface area (Å²) in [6.07, 6.45) is -0.103. The summed E-state index contributed by atoms with van der Waals surface area (Å²) in [6, 6.07) is 4.71. The summed E-state index contributed by atoms with van der Waals surface area (Å²) in [5.41, 5.74) is -2.32. The predicted octanol–water partition coefficient (Wildman–Crippen LogP) is 5.53. The van der Waals surface area contributed by atoms with Crippen LogP contribution >= 0.6 is 7.82 Å². The van der Waals surface area contributed by atoms with Crippen molar-refractivity contribution >= 4 is 41.4 Å². The molecule has 0 unspecified atom stereocenters. The van der Waals surface area contributed by atoms with Gasteiger partial charge in [-0.3, -0.25) is 19.7 Å². The Hall–Kier alpha value is -4.31. The number of carbonyl (C=O) groups excluding carboxylic acids is 1. The minimum Gasteiger partial charge on any atom is -0.461 e. The number of halogens is 4. The number of anilines is 1. The summed E-state index contributed by atoms with van der Waals surface area (Å²) >= 11 is 0. The van der Waals surface area contributed by atoms with Crippen LogP contribution in [0.2, 0.25) is 0 Å². The van der Waals surface area contributed by atoms with E-state index in [1.165, 1.54) is 18.3 Å². The molecule has 13 nitrogen and oxygen atoms in total. The second-order valence-electron chi connectivity index (χ2n) is 14.7. The van der Waals surface area contributed by atoms with Gasteiger partial charge in [-0.05, 0) is 73.7 Å². The number of hydrogen-bond donors (Lipinski definition) is 3. The lowest BCUT2D eigenvalue weighted by atomic mass is 9.90. The molecule has 2 aromatic heterocycles. The highest BCUT2D eigenvalue weighted by atomic mass is 31.2. The van der Waals surface area contributed by atoms with Crippen LogP contribution in [0, 0.1) is 11.6 Å². The van der Waals surface area contributed by atoms with Crippen molar-refractivity contribution in [3.05, 3.63) is 47.7 Å². The molecular formula is C35H37F4N6O7P. The fourth-order valence-corrected chi connectivity index (χ4v) is 8.94. The Labute approximate surface area is 300 Å². The Kier molecular flexibility index (Phi) is 8.90. The second-order valence-corrected chi connectivity index (χ2v) is 15.8. The van der Waals surface area contributed by atoms with Gasteiger partial charge in [-0.15, -0.1) is 0 Å². The van der Waals surface area contributed by atoms with Gasteiger partial charge in [0.15, 0.2) is 5.82 Å². The molecule has 0 aliphatic carbocycles. The quantitative estimate of drug-likeness (QED) is 0.173. The lowest BCUT2D eigenvalue weighted by molar-refractivity contribution is 0.107. The van der Waals surface area contributed by atoms with E-state index in [1.807, 2.05) is 4.90 Å². The fraction of sp³-hybridized carbons (Fsp3) is 0.486. The molecule has 4 aromatic rings. The van der Waals surface area contributed by atoms with Crippen molar-refractivity contribution in [1.82, 2.24) is 25.2 Å². The molecule has 0 radical (unpaired) electrons. The van der Waals surface area contributed by atoms with Gasteiger partial charge in [0, 0.05) is 37.7 Å². The minimum absolute atomic E-state index is 0.0117. The van der Waals surface area contributed by atoms with E-state index in [2.05, 4.69) is 20.3 Å². The van der Waals surface area contributed by atoms with Gasteiger partial charge in [-0.1, -0.05) is 6.07 Å². The highest BCUT2D eigenvalue weighted by molar-refractivity contribution is 7.46. The summed E-state index contributed by atoms with van der Waals surface area (Å²) in [5, 5.41) is 3.28. The van der Waals surface area contributed by atoms with Crippen molar-refractivity contribution in [1.29, 1.82) is 0 Å². The molecule has 282 valence electrons. The molecule has 9 rings (SSSR count). The van der Waals surface area contributed by atoms with Gasteiger partial charge in [0.05, 0.1) is 29.6 Å². The molecule has 4 atom stereocenters. The third kappa shape index (κ3) is 6.83. The Morgan fingerprint density at radius 3 is 2.74 bits per heavy atom. The monoisotopic (exact) mass is 760 g/mol. The number of carbonyl (C=O) groups is 1. The van der Waals surface area contributed by atoms with Crippen molar-refractivity contribution in [3.8, 4) is 23.0 Å². The number of nitrogens with zero attached hydrogens (tertiary/aromatic N) is 5. The van der Waals surface area contributed by atoms with Gasteiger partial charge < -0.3 is 24.2 Å². The maximum atomic E-state index is 17.2. The van der Waals surface area contributed by atoms with Crippen LogP contribution in [0.3, 0.4) is 0 Å². The molecule has 3 N–H and O–H groups in total. The first kappa shape index (κ1) is 35.7. The van der Waals surface area contributed by atoms with E-state index in [0.717, 1.165) is 18.6 Å². The summed E-state index contributed by atoms with van der Waals surface area (Å²) in [5.74, 6) is -1.91. The highest BCUT2D eigenvalue weighted by Crippen LogP contribution is 2.45. The van der Waals surface area contributed by atoms with Crippen LogP contribution in [-0.2, 0) is 15.7 Å². The molecule has 3 saturated heterocycles. The number of aryl methyl sites for hydroxylation is 1. The van der Waals surface area contributed by atoms with Gasteiger partial charge in [0.1, 0.15) is 47.5 Å². The minimum atomic E-state index is -5.09. The number of nitrogens with one attached hydrogen (secondary N) is 1. The third-order valence-electron chi connectivity index (χ3n) is 10.6. The van der Waals surface area contributed by atoms with Crippen molar-refractivity contribution in [2.45, 2.75) is 68.9 Å². The van der Waals surface area contributed by atoms with Gasteiger partial charge in [-0.2, -0.15) is 9.97 Å². The van der Waals surface area contributed by atoms with Crippen LogP contribution in [0.5, 0.6) is 11.8 Å². The number of alkyl halides is 2. The molecule has 1 amide bonds. The van der Waals surface area contributed by atoms with Crippen molar-refractivity contribution in [2.24, 2.45) is 0 Å². The lowest BCUT2D eigenvalue weighted by Crippen LogP contribution is -2.60. The van der Waals surface area contributed by atoms with E-state index in [9.17, 15) is 23.5 Å². The average Bonchev–Trinajstić information content (AvgIpc) is 3.60. The molecule has 0 saturated carbocycles. The standard InChI is InChI=1S/C35H37F4N6O7P/c1-34-12-20(36)15-44(17-34)31-25-14-40-29(28(39)30(25)41-32(42-31)51-18-35-7-3-8-45(35)16-21(37)13-35)24-11-22(52-53(47,48)49)10-19-5-6-26(38)23(27(19)24)4-2-9-50-33(46)43-34/h5-6,10-11,14,20-21H,2-4,7-9,12-13,15-18H2,1H3,(H,43,46)(H2,47,48,49)/t20-,21-,34-,35+/m1/s1. The molecule has 0 spiro atoms. The van der Waals surface area contributed by atoms with Crippen LogP contribution < -0.4 is 19.5 Å².